The van der Waals surface area contributed by atoms with Crippen molar-refractivity contribution in [2.75, 3.05) is 30.6 Å². The first-order valence-electron chi connectivity index (χ1n) is 10.8. The molecule has 3 aliphatic rings. The van der Waals surface area contributed by atoms with Crippen LogP contribution in [0.4, 0.5) is 5.69 Å². The van der Waals surface area contributed by atoms with Gasteiger partial charge in [-0.3, -0.25) is 9.10 Å². The molecular weight excluding hydrogens is 416 g/mol. The van der Waals surface area contributed by atoms with Crippen LogP contribution >= 0.6 is 0 Å². The summed E-state index contributed by atoms with van der Waals surface area (Å²) in [6, 6.07) is 13.8. The molecule has 2 aromatic carbocycles. The zero-order chi connectivity index (χ0) is 21.4. The molecule has 2 saturated heterocycles. The van der Waals surface area contributed by atoms with Gasteiger partial charge in [-0.05, 0) is 55.5 Å². The Bertz CT molecular complexity index is 1080. The predicted molar refractivity (Wildman–Crippen MR) is 115 cm³/mol. The fourth-order valence-electron chi connectivity index (χ4n) is 4.73. The monoisotopic (exact) mass is 442 g/mol. The number of para-hydroxylation sites is 1. The Balaban J connectivity index is 1.43. The largest absolute Gasteiger partial charge is 0.348 e. The molecule has 31 heavy (non-hydrogen) atoms. The number of fused-ring (bicyclic) bond motifs is 1. The number of anilines is 1. The third-order valence-electron chi connectivity index (χ3n) is 6.29. The Morgan fingerprint density at radius 3 is 2.61 bits per heavy atom. The van der Waals surface area contributed by atoms with E-state index in [-0.39, 0.29) is 16.8 Å². The molecule has 2 aromatic rings. The molecule has 164 valence electrons. The SMILES string of the molecule is O=C(c1cccc(S(=O)(=O)N2CCc3ccccc32)c1)N1CCCCC1C1OCCO1. The molecule has 5 rings (SSSR count). The van der Waals surface area contributed by atoms with E-state index in [9.17, 15) is 13.2 Å². The fourth-order valence-corrected chi connectivity index (χ4v) is 6.28. The summed E-state index contributed by atoms with van der Waals surface area (Å²) in [7, 11) is -3.75. The van der Waals surface area contributed by atoms with Gasteiger partial charge in [-0.2, -0.15) is 0 Å². The topological polar surface area (TPSA) is 76.2 Å². The Labute approximate surface area is 182 Å². The van der Waals surface area contributed by atoms with Crippen LogP contribution in [-0.2, 0) is 25.9 Å². The molecule has 7 nitrogen and oxygen atoms in total. The van der Waals surface area contributed by atoms with E-state index in [0.29, 0.717) is 44.0 Å². The second-order valence-corrected chi connectivity index (χ2v) is 10.0. The summed E-state index contributed by atoms with van der Waals surface area (Å²) >= 11 is 0. The van der Waals surface area contributed by atoms with Crippen LogP contribution in [-0.4, -0.2) is 57.9 Å². The smallest absolute Gasteiger partial charge is 0.264 e. The lowest BCUT2D eigenvalue weighted by Crippen LogP contribution is -2.50. The highest BCUT2D eigenvalue weighted by Crippen LogP contribution is 2.33. The van der Waals surface area contributed by atoms with Gasteiger partial charge in [0.1, 0.15) is 0 Å². The quantitative estimate of drug-likeness (QED) is 0.728. The third kappa shape index (κ3) is 3.73. The maximum atomic E-state index is 13.4. The minimum atomic E-state index is -3.75. The van der Waals surface area contributed by atoms with Crippen LogP contribution in [0.1, 0.15) is 35.2 Å². The first-order chi connectivity index (χ1) is 15.1. The van der Waals surface area contributed by atoms with Crippen LogP contribution in [0.2, 0.25) is 0 Å². The van der Waals surface area contributed by atoms with Crippen LogP contribution in [0.3, 0.4) is 0 Å². The third-order valence-corrected chi connectivity index (χ3v) is 8.09. The number of ether oxygens (including phenoxy) is 2. The summed E-state index contributed by atoms with van der Waals surface area (Å²) in [5.74, 6) is -0.178. The number of rotatable bonds is 4. The number of amides is 1. The molecule has 1 amide bonds. The fraction of sp³-hybridized carbons (Fsp3) is 0.435. The highest BCUT2D eigenvalue weighted by atomic mass is 32.2. The molecule has 0 radical (unpaired) electrons. The lowest BCUT2D eigenvalue weighted by Gasteiger charge is -2.38. The van der Waals surface area contributed by atoms with E-state index in [4.69, 9.17) is 9.47 Å². The van der Waals surface area contributed by atoms with Gasteiger partial charge in [-0.25, -0.2) is 8.42 Å². The van der Waals surface area contributed by atoms with E-state index in [0.717, 1.165) is 24.8 Å². The minimum Gasteiger partial charge on any atom is -0.348 e. The number of piperidine rings is 1. The molecule has 8 heteroatoms. The van der Waals surface area contributed by atoms with Gasteiger partial charge < -0.3 is 14.4 Å². The molecule has 0 N–H and O–H groups in total. The first kappa shape index (κ1) is 20.5. The molecule has 1 unspecified atom stereocenters. The summed E-state index contributed by atoms with van der Waals surface area (Å²) in [5.41, 5.74) is 2.11. The van der Waals surface area contributed by atoms with E-state index in [2.05, 4.69) is 0 Å². The lowest BCUT2D eigenvalue weighted by atomic mass is 10.00. The zero-order valence-corrected chi connectivity index (χ0v) is 18.1. The van der Waals surface area contributed by atoms with Gasteiger partial charge in [0.25, 0.3) is 15.9 Å². The van der Waals surface area contributed by atoms with Crippen molar-refractivity contribution in [3.8, 4) is 0 Å². The van der Waals surface area contributed by atoms with Crippen LogP contribution in [0, 0.1) is 0 Å². The van der Waals surface area contributed by atoms with Crippen LogP contribution in [0.5, 0.6) is 0 Å². The Morgan fingerprint density at radius 2 is 1.77 bits per heavy atom. The summed E-state index contributed by atoms with van der Waals surface area (Å²) in [4.78, 5) is 15.3. The van der Waals surface area contributed by atoms with Gasteiger partial charge in [0, 0.05) is 18.7 Å². The lowest BCUT2D eigenvalue weighted by molar-refractivity contribution is -0.100. The average Bonchev–Trinajstić information content (AvgIpc) is 3.49. The second kappa shape index (κ2) is 8.26. The first-order valence-corrected chi connectivity index (χ1v) is 12.2. The minimum absolute atomic E-state index is 0.136. The molecule has 0 spiro atoms. The summed E-state index contributed by atoms with van der Waals surface area (Å²) in [6.07, 6.45) is 3.03. The maximum absolute atomic E-state index is 13.4. The van der Waals surface area contributed by atoms with E-state index < -0.39 is 16.3 Å². The molecule has 2 fully saturated rings. The number of sulfonamides is 1. The molecule has 3 aliphatic heterocycles. The maximum Gasteiger partial charge on any atom is 0.264 e. The van der Waals surface area contributed by atoms with Crippen LogP contribution in [0.25, 0.3) is 0 Å². The van der Waals surface area contributed by atoms with Crippen molar-refractivity contribution in [3.05, 3.63) is 59.7 Å². The molecule has 0 saturated carbocycles. The van der Waals surface area contributed by atoms with E-state index >= 15 is 0 Å². The molecule has 0 bridgehead atoms. The summed E-state index contributed by atoms with van der Waals surface area (Å²) < 4.78 is 39.5. The van der Waals surface area contributed by atoms with Crippen molar-refractivity contribution in [1.82, 2.24) is 4.90 Å². The standard InChI is InChI=1S/C23H26N2O5S/c26-22(24-12-4-3-10-21(24)23-29-14-15-30-23)18-7-5-8-19(16-18)31(27,28)25-13-11-17-6-1-2-9-20(17)25/h1-2,5-9,16,21,23H,3-4,10-15H2. The number of likely N-dealkylation sites (tertiary alicyclic amines) is 1. The van der Waals surface area contributed by atoms with Crippen LogP contribution in [0.15, 0.2) is 53.4 Å². The highest BCUT2D eigenvalue weighted by Gasteiger charge is 2.37. The average molecular weight is 443 g/mol. The summed E-state index contributed by atoms with van der Waals surface area (Å²) in [5, 5.41) is 0. The molecule has 0 aromatic heterocycles. The Morgan fingerprint density at radius 1 is 0.968 bits per heavy atom. The van der Waals surface area contributed by atoms with Crippen molar-refractivity contribution < 1.29 is 22.7 Å². The van der Waals surface area contributed by atoms with Gasteiger partial charge in [0.05, 0.1) is 29.8 Å². The van der Waals surface area contributed by atoms with Crippen LogP contribution < -0.4 is 4.31 Å². The Hall–Kier alpha value is -2.42. The van der Waals surface area contributed by atoms with E-state index in [1.54, 1.807) is 23.1 Å². The van der Waals surface area contributed by atoms with E-state index in [1.165, 1.54) is 10.4 Å². The number of nitrogens with zero attached hydrogens (tertiary/aromatic N) is 2. The van der Waals surface area contributed by atoms with Crippen molar-refractivity contribution in [1.29, 1.82) is 0 Å². The van der Waals surface area contributed by atoms with Gasteiger partial charge >= 0.3 is 0 Å². The summed E-state index contributed by atoms with van der Waals surface area (Å²) in [6.45, 7) is 2.09. The van der Waals surface area contributed by atoms with Gasteiger partial charge in [-0.15, -0.1) is 0 Å². The zero-order valence-electron chi connectivity index (χ0n) is 17.3. The van der Waals surface area contributed by atoms with E-state index in [1.807, 2.05) is 24.3 Å². The number of benzene rings is 2. The predicted octanol–water partition coefficient (Wildman–Crippen LogP) is 2.81. The van der Waals surface area contributed by atoms with Crippen molar-refractivity contribution >= 4 is 21.6 Å². The normalized spacial score (nSPS) is 22.0. The van der Waals surface area contributed by atoms with Gasteiger partial charge in [0.2, 0.25) is 0 Å². The molecule has 3 heterocycles. The van der Waals surface area contributed by atoms with Crippen molar-refractivity contribution in [3.63, 3.8) is 0 Å². The van der Waals surface area contributed by atoms with Gasteiger partial charge in [-0.1, -0.05) is 24.3 Å². The molecular formula is C23H26N2O5S. The van der Waals surface area contributed by atoms with Crippen molar-refractivity contribution in [2.24, 2.45) is 0 Å². The number of hydrogen-bond donors (Lipinski definition) is 0. The number of carbonyl (C=O) groups is 1. The molecule has 1 atom stereocenters. The second-order valence-electron chi connectivity index (χ2n) is 8.16. The highest BCUT2D eigenvalue weighted by molar-refractivity contribution is 7.92. The molecule has 0 aliphatic carbocycles. The van der Waals surface area contributed by atoms with Crippen molar-refractivity contribution in [2.45, 2.75) is 42.9 Å². The Kier molecular flexibility index (Phi) is 5.45. The number of carbonyl (C=O) groups excluding carboxylic acids is 1. The number of hydrogen-bond acceptors (Lipinski definition) is 5. The van der Waals surface area contributed by atoms with Gasteiger partial charge in [0.15, 0.2) is 6.29 Å².